The van der Waals surface area contributed by atoms with E-state index in [1.54, 1.807) is 43.0 Å². The number of carbonyl (C=O) groups is 1. The zero-order valence-electron chi connectivity index (χ0n) is 13.6. The topological polar surface area (TPSA) is 86.2 Å². The molecular formula is C16H14ClN5O3. The average molecular weight is 360 g/mol. The number of amides is 1. The minimum absolute atomic E-state index is 0.174. The maximum absolute atomic E-state index is 12.8. The molecular weight excluding hydrogens is 346 g/mol. The summed E-state index contributed by atoms with van der Waals surface area (Å²) in [6.45, 7) is 3.96. The second-order valence-electron chi connectivity index (χ2n) is 5.83. The van der Waals surface area contributed by atoms with Crippen LogP contribution in [0.15, 0.2) is 33.6 Å². The van der Waals surface area contributed by atoms with Gasteiger partial charge in [0.2, 0.25) is 0 Å². The SMILES string of the molecule is Cc1noc(C)c1Cn1c(=O)nc2n1C(=O)N(c1ccc(Cl)cc1)C2. The van der Waals surface area contributed by atoms with E-state index in [1.807, 2.05) is 0 Å². The Morgan fingerprint density at radius 3 is 2.56 bits per heavy atom. The number of anilines is 1. The van der Waals surface area contributed by atoms with E-state index in [4.69, 9.17) is 16.1 Å². The van der Waals surface area contributed by atoms with Crippen LogP contribution in [0.1, 0.15) is 22.8 Å². The maximum atomic E-state index is 12.8. The van der Waals surface area contributed by atoms with Gasteiger partial charge in [0.25, 0.3) is 0 Å². The van der Waals surface area contributed by atoms with Gasteiger partial charge < -0.3 is 4.52 Å². The summed E-state index contributed by atoms with van der Waals surface area (Å²) in [5.74, 6) is 1.01. The maximum Gasteiger partial charge on any atom is 0.364 e. The number of hydrogen-bond donors (Lipinski definition) is 0. The predicted octanol–water partition coefficient (Wildman–Crippen LogP) is 2.34. The first-order valence-electron chi connectivity index (χ1n) is 7.63. The molecule has 0 atom stereocenters. The number of aryl methyl sites for hydroxylation is 2. The number of fused-ring (bicyclic) bond motifs is 1. The fourth-order valence-electron chi connectivity index (χ4n) is 2.92. The second kappa shape index (κ2) is 5.59. The van der Waals surface area contributed by atoms with Crippen LogP contribution in [-0.4, -0.2) is 25.5 Å². The van der Waals surface area contributed by atoms with Crippen molar-refractivity contribution in [3.8, 4) is 0 Å². The van der Waals surface area contributed by atoms with Gasteiger partial charge in [-0.05, 0) is 38.1 Å². The van der Waals surface area contributed by atoms with Crippen LogP contribution in [0.25, 0.3) is 0 Å². The summed E-state index contributed by atoms with van der Waals surface area (Å²) in [6.07, 6.45) is 0. The average Bonchev–Trinajstić information content (AvgIpc) is 3.18. The molecule has 1 aliphatic heterocycles. The van der Waals surface area contributed by atoms with E-state index >= 15 is 0 Å². The minimum Gasteiger partial charge on any atom is -0.361 e. The van der Waals surface area contributed by atoms with Crippen molar-refractivity contribution in [1.29, 1.82) is 0 Å². The molecule has 0 saturated heterocycles. The van der Waals surface area contributed by atoms with Gasteiger partial charge >= 0.3 is 11.7 Å². The first-order chi connectivity index (χ1) is 12.0. The molecule has 1 aliphatic rings. The molecule has 25 heavy (non-hydrogen) atoms. The standard InChI is InChI=1S/C16H14ClN5O3/c1-9-13(10(2)25-19-9)7-21-15(23)18-14-8-20(16(24)22(14)21)12-5-3-11(17)4-6-12/h3-6H,7-8H2,1-2H3. The third-order valence-corrected chi connectivity index (χ3v) is 4.52. The first-order valence-corrected chi connectivity index (χ1v) is 8.01. The summed E-state index contributed by atoms with van der Waals surface area (Å²) in [4.78, 5) is 30.6. The summed E-state index contributed by atoms with van der Waals surface area (Å²) in [5, 5.41) is 4.47. The Balaban J connectivity index is 1.72. The van der Waals surface area contributed by atoms with Crippen molar-refractivity contribution in [3.05, 3.63) is 62.6 Å². The number of benzene rings is 1. The number of aromatic nitrogens is 4. The summed E-state index contributed by atoms with van der Waals surface area (Å²) >= 11 is 5.90. The highest BCUT2D eigenvalue weighted by molar-refractivity contribution is 6.30. The first kappa shape index (κ1) is 15.6. The van der Waals surface area contributed by atoms with E-state index in [9.17, 15) is 9.59 Å². The lowest BCUT2D eigenvalue weighted by molar-refractivity contribution is 0.244. The molecule has 128 valence electrons. The summed E-state index contributed by atoms with van der Waals surface area (Å²) < 4.78 is 7.74. The van der Waals surface area contributed by atoms with E-state index in [0.717, 1.165) is 5.56 Å². The summed E-state index contributed by atoms with van der Waals surface area (Å²) in [6, 6.07) is 6.59. The molecule has 0 radical (unpaired) electrons. The van der Waals surface area contributed by atoms with Crippen LogP contribution < -0.4 is 10.6 Å². The van der Waals surface area contributed by atoms with Crippen molar-refractivity contribution in [2.45, 2.75) is 26.9 Å². The Bertz CT molecular complexity index is 1010. The molecule has 0 N–H and O–H groups in total. The van der Waals surface area contributed by atoms with E-state index in [1.165, 1.54) is 9.36 Å². The lowest BCUT2D eigenvalue weighted by Crippen LogP contribution is -2.34. The third-order valence-electron chi connectivity index (χ3n) is 4.27. The molecule has 2 aromatic heterocycles. The van der Waals surface area contributed by atoms with E-state index in [-0.39, 0.29) is 19.1 Å². The van der Waals surface area contributed by atoms with Crippen molar-refractivity contribution in [3.63, 3.8) is 0 Å². The van der Waals surface area contributed by atoms with Crippen molar-refractivity contribution < 1.29 is 9.32 Å². The van der Waals surface area contributed by atoms with Crippen molar-refractivity contribution in [2.24, 2.45) is 0 Å². The van der Waals surface area contributed by atoms with Crippen LogP contribution in [-0.2, 0) is 13.1 Å². The minimum atomic E-state index is -0.473. The quantitative estimate of drug-likeness (QED) is 0.716. The summed E-state index contributed by atoms with van der Waals surface area (Å²) in [5.41, 5.74) is 1.66. The van der Waals surface area contributed by atoms with E-state index in [0.29, 0.717) is 28.0 Å². The fraction of sp³-hybridized carbons (Fsp3) is 0.250. The molecule has 0 bridgehead atoms. The number of hydrogen-bond acceptors (Lipinski definition) is 5. The van der Waals surface area contributed by atoms with Crippen LogP contribution in [0, 0.1) is 13.8 Å². The molecule has 8 nitrogen and oxygen atoms in total. The molecule has 0 saturated carbocycles. The van der Waals surface area contributed by atoms with Gasteiger partial charge in [-0.15, -0.1) is 0 Å². The smallest absolute Gasteiger partial charge is 0.361 e. The highest BCUT2D eigenvalue weighted by Crippen LogP contribution is 2.25. The number of nitrogens with zero attached hydrogens (tertiary/aromatic N) is 5. The Labute approximate surface area is 147 Å². The molecule has 3 heterocycles. The van der Waals surface area contributed by atoms with Gasteiger partial charge in [0.05, 0.1) is 18.8 Å². The monoisotopic (exact) mass is 359 g/mol. The second-order valence-corrected chi connectivity index (χ2v) is 6.26. The molecule has 0 aliphatic carbocycles. The van der Waals surface area contributed by atoms with Crippen LogP contribution in [0.5, 0.6) is 0 Å². The van der Waals surface area contributed by atoms with Crippen molar-refractivity contribution in [2.75, 3.05) is 4.90 Å². The molecule has 0 spiro atoms. The zero-order chi connectivity index (χ0) is 17.7. The van der Waals surface area contributed by atoms with Gasteiger partial charge in [-0.25, -0.2) is 14.3 Å². The van der Waals surface area contributed by atoms with Gasteiger partial charge in [0, 0.05) is 16.3 Å². The number of halogens is 1. The Hall–Kier alpha value is -2.87. The van der Waals surface area contributed by atoms with Crippen LogP contribution in [0.3, 0.4) is 0 Å². The van der Waals surface area contributed by atoms with Gasteiger partial charge in [-0.3, -0.25) is 4.90 Å². The largest absolute Gasteiger partial charge is 0.364 e. The lowest BCUT2D eigenvalue weighted by atomic mass is 10.2. The summed E-state index contributed by atoms with van der Waals surface area (Å²) in [7, 11) is 0. The Morgan fingerprint density at radius 1 is 1.20 bits per heavy atom. The van der Waals surface area contributed by atoms with E-state index < -0.39 is 5.69 Å². The highest BCUT2D eigenvalue weighted by atomic mass is 35.5. The molecule has 0 fully saturated rings. The van der Waals surface area contributed by atoms with Crippen molar-refractivity contribution in [1.82, 2.24) is 19.5 Å². The Kier molecular flexibility index (Phi) is 3.50. The van der Waals surface area contributed by atoms with Crippen LogP contribution in [0.4, 0.5) is 10.5 Å². The molecule has 9 heteroatoms. The normalized spacial score (nSPS) is 13.6. The van der Waals surface area contributed by atoms with Crippen LogP contribution in [0.2, 0.25) is 5.02 Å². The van der Waals surface area contributed by atoms with E-state index in [2.05, 4.69) is 10.1 Å². The zero-order valence-corrected chi connectivity index (χ0v) is 14.3. The lowest BCUT2D eigenvalue weighted by Gasteiger charge is -2.15. The van der Waals surface area contributed by atoms with Crippen molar-refractivity contribution >= 4 is 23.3 Å². The fourth-order valence-corrected chi connectivity index (χ4v) is 3.04. The Morgan fingerprint density at radius 2 is 1.92 bits per heavy atom. The highest BCUT2D eigenvalue weighted by Gasteiger charge is 2.33. The molecule has 1 aromatic carbocycles. The van der Waals surface area contributed by atoms with Gasteiger partial charge in [0.1, 0.15) is 5.76 Å². The molecule has 3 aromatic rings. The van der Waals surface area contributed by atoms with Gasteiger partial charge in [-0.2, -0.15) is 9.67 Å². The number of rotatable bonds is 3. The van der Waals surface area contributed by atoms with Crippen LogP contribution >= 0.6 is 11.6 Å². The molecule has 0 unspecified atom stereocenters. The predicted molar refractivity (Wildman–Crippen MR) is 90.0 cm³/mol. The number of carbonyl (C=O) groups excluding carboxylic acids is 1. The molecule has 1 amide bonds. The van der Waals surface area contributed by atoms with Gasteiger partial charge in [0.15, 0.2) is 5.82 Å². The van der Waals surface area contributed by atoms with Gasteiger partial charge in [-0.1, -0.05) is 16.8 Å². The molecule has 4 rings (SSSR count). The third kappa shape index (κ3) is 2.45.